The van der Waals surface area contributed by atoms with E-state index in [1.165, 1.54) is 21.3 Å². The van der Waals surface area contributed by atoms with Crippen LogP contribution in [0.5, 0.6) is 17.2 Å². The SMILES string of the molecule is COc1cc(C(=O)N(CC(=O)N(Cc2ccco2)CC2CCCO2)C2CC2)cc(OC)c1OC. The molecule has 1 aromatic heterocycles. The Morgan fingerprint density at radius 1 is 1.06 bits per heavy atom. The van der Waals surface area contributed by atoms with E-state index in [9.17, 15) is 9.59 Å². The largest absolute Gasteiger partial charge is 0.493 e. The molecule has 0 radical (unpaired) electrons. The minimum absolute atomic E-state index is 0.000834. The molecular weight excluding hydrogens is 440 g/mol. The van der Waals surface area contributed by atoms with Gasteiger partial charge in [0.1, 0.15) is 12.3 Å². The molecule has 1 aliphatic heterocycles. The summed E-state index contributed by atoms with van der Waals surface area (Å²) in [5.74, 6) is 1.51. The second kappa shape index (κ2) is 10.8. The number of methoxy groups -OCH3 is 3. The highest BCUT2D eigenvalue weighted by Crippen LogP contribution is 2.39. The number of hydrogen-bond donors (Lipinski definition) is 0. The third-order valence-corrected chi connectivity index (χ3v) is 6.19. The maximum atomic E-state index is 13.5. The van der Waals surface area contributed by atoms with Gasteiger partial charge in [0, 0.05) is 24.8 Å². The minimum Gasteiger partial charge on any atom is -0.493 e. The van der Waals surface area contributed by atoms with Gasteiger partial charge in [-0.25, -0.2) is 0 Å². The van der Waals surface area contributed by atoms with Gasteiger partial charge < -0.3 is 33.2 Å². The standard InChI is InChI=1S/C25H32N2O7/c1-30-21-12-17(13-22(31-2)24(21)32-3)25(29)27(18-8-9-18)16-23(28)26(14-19-6-4-10-33-19)15-20-7-5-11-34-20/h4,6,10,12-13,18,20H,5,7-9,11,14-16H2,1-3H3. The highest BCUT2D eigenvalue weighted by atomic mass is 16.5. The molecule has 1 unspecified atom stereocenters. The molecule has 9 heteroatoms. The molecule has 0 bridgehead atoms. The molecule has 1 saturated heterocycles. The van der Waals surface area contributed by atoms with E-state index in [-0.39, 0.29) is 30.5 Å². The first kappa shape index (κ1) is 23.9. The molecule has 184 valence electrons. The maximum absolute atomic E-state index is 13.5. The third-order valence-electron chi connectivity index (χ3n) is 6.19. The van der Waals surface area contributed by atoms with E-state index in [2.05, 4.69) is 0 Å². The highest BCUT2D eigenvalue weighted by molar-refractivity contribution is 5.98. The van der Waals surface area contributed by atoms with Crippen LogP contribution in [0.4, 0.5) is 0 Å². The lowest BCUT2D eigenvalue weighted by molar-refractivity contribution is -0.134. The molecule has 2 aromatic rings. The first-order chi connectivity index (χ1) is 16.5. The molecule has 2 heterocycles. The summed E-state index contributed by atoms with van der Waals surface area (Å²) in [7, 11) is 4.52. The fourth-order valence-electron chi connectivity index (χ4n) is 4.25. The van der Waals surface area contributed by atoms with Crippen LogP contribution in [-0.2, 0) is 16.1 Å². The highest BCUT2D eigenvalue weighted by Gasteiger charge is 2.36. The van der Waals surface area contributed by atoms with Crippen LogP contribution in [0.2, 0.25) is 0 Å². The normalized spacial score (nSPS) is 17.3. The van der Waals surface area contributed by atoms with E-state index in [1.807, 2.05) is 6.07 Å². The Kier molecular flexibility index (Phi) is 7.62. The molecular formula is C25H32N2O7. The summed E-state index contributed by atoms with van der Waals surface area (Å²) in [4.78, 5) is 30.4. The van der Waals surface area contributed by atoms with Gasteiger partial charge in [-0.15, -0.1) is 0 Å². The third kappa shape index (κ3) is 5.47. The molecule has 2 amide bonds. The summed E-state index contributed by atoms with van der Waals surface area (Å²) in [6, 6.07) is 6.92. The predicted octanol–water partition coefficient (Wildman–Crippen LogP) is 3.12. The van der Waals surface area contributed by atoms with Crippen LogP contribution in [0.15, 0.2) is 34.9 Å². The Morgan fingerprint density at radius 3 is 2.32 bits per heavy atom. The monoisotopic (exact) mass is 472 g/mol. The van der Waals surface area contributed by atoms with Crippen LogP contribution in [-0.4, -0.2) is 74.8 Å². The average molecular weight is 473 g/mol. The smallest absolute Gasteiger partial charge is 0.254 e. The fraction of sp³-hybridized carbons (Fsp3) is 0.520. The Bertz CT molecular complexity index is 956. The first-order valence-corrected chi connectivity index (χ1v) is 11.6. The quantitative estimate of drug-likeness (QED) is 0.496. The minimum atomic E-state index is -0.245. The molecule has 1 atom stereocenters. The number of nitrogens with zero attached hydrogens (tertiary/aromatic N) is 2. The van der Waals surface area contributed by atoms with Crippen molar-refractivity contribution in [1.29, 1.82) is 0 Å². The van der Waals surface area contributed by atoms with Gasteiger partial charge >= 0.3 is 0 Å². The van der Waals surface area contributed by atoms with Gasteiger partial charge in [-0.05, 0) is 49.9 Å². The summed E-state index contributed by atoms with van der Waals surface area (Å²) in [6.45, 7) is 1.49. The number of hydrogen-bond acceptors (Lipinski definition) is 7. The number of rotatable bonds is 11. The molecule has 1 saturated carbocycles. The fourth-order valence-corrected chi connectivity index (χ4v) is 4.25. The van der Waals surface area contributed by atoms with Gasteiger partial charge in [-0.2, -0.15) is 0 Å². The van der Waals surface area contributed by atoms with Crippen LogP contribution in [0.25, 0.3) is 0 Å². The Labute approximate surface area is 199 Å². The van der Waals surface area contributed by atoms with Crippen molar-refractivity contribution in [3.8, 4) is 17.2 Å². The average Bonchev–Trinajstić information content (AvgIpc) is 3.31. The van der Waals surface area contributed by atoms with Crippen molar-refractivity contribution in [3.05, 3.63) is 41.9 Å². The summed E-state index contributed by atoms with van der Waals surface area (Å²) in [5.41, 5.74) is 0.380. The van der Waals surface area contributed by atoms with Crippen LogP contribution < -0.4 is 14.2 Å². The van der Waals surface area contributed by atoms with E-state index < -0.39 is 0 Å². The molecule has 2 aliphatic rings. The van der Waals surface area contributed by atoms with Crippen LogP contribution in [0.3, 0.4) is 0 Å². The number of amides is 2. The zero-order valence-corrected chi connectivity index (χ0v) is 20.0. The molecule has 0 spiro atoms. The summed E-state index contributed by atoms with van der Waals surface area (Å²) in [5, 5.41) is 0. The van der Waals surface area contributed by atoms with Gasteiger partial charge in [-0.3, -0.25) is 9.59 Å². The number of carbonyl (C=O) groups excluding carboxylic acids is 2. The maximum Gasteiger partial charge on any atom is 0.254 e. The second-order valence-electron chi connectivity index (χ2n) is 8.57. The number of carbonyl (C=O) groups is 2. The van der Waals surface area contributed by atoms with Crippen molar-refractivity contribution in [2.24, 2.45) is 0 Å². The summed E-state index contributed by atoms with van der Waals surface area (Å²) < 4.78 is 27.4. The van der Waals surface area contributed by atoms with Crippen molar-refractivity contribution in [1.82, 2.24) is 9.80 Å². The van der Waals surface area contributed by atoms with E-state index in [0.29, 0.717) is 48.3 Å². The van der Waals surface area contributed by atoms with E-state index >= 15 is 0 Å². The molecule has 0 N–H and O–H groups in total. The molecule has 1 aliphatic carbocycles. The second-order valence-corrected chi connectivity index (χ2v) is 8.57. The summed E-state index contributed by atoms with van der Waals surface area (Å²) >= 11 is 0. The molecule has 4 rings (SSSR count). The first-order valence-electron chi connectivity index (χ1n) is 11.6. The lowest BCUT2D eigenvalue weighted by atomic mass is 10.1. The molecule has 34 heavy (non-hydrogen) atoms. The van der Waals surface area contributed by atoms with Crippen molar-refractivity contribution in [3.63, 3.8) is 0 Å². The number of furan rings is 1. The zero-order chi connectivity index (χ0) is 24.1. The van der Waals surface area contributed by atoms with Gasteiger partial charge in [0.15, 0.2) is 11.5 Å². The lowest BCUT2D eigenvalue weighted by Crippen LogP contribution is -2.45. The lowest BCUT2D eigenvalue weighted by Gasteiger charge is -2.29. The molecule has 1 aromatic carbocycles. The molecule has 2 fully saturated rings. The van der Waals surface area contributed by atoms with Crippen LogP contribution in [0.1, 0.15) is 41.8 Å². The van der Waals surface area contributed by atoms with Crippen molar-refractivity contribution < 1.29 is 33.0 Å². The van der Waals surface area contributed by atoms with Gasteiger partial charge in [-0.1, -0.05) is 0 Å². The zero-order valence-electron chi connectivity index (χ0n) is 20.0. The van der Waals surface area contributed by atoms with Gasteiger partial charge in [0.05, 0.1) is 40.2 Å². The number of ether oxygens (including phenoxy) is 4. The Balaban J connectivity index is 1.54. The van der Waals surface area contributed by atoms with Crippen molar-refractivity contribution in [2.75, 3.05) is 41.0 Å². The van der Waals surface area contributed by atoms with Gasteiger partial charge in [0.25, 0.3) is 5.91 Å². The van der Waals surface area contributed by atoms with Gasteiger partial charge in [0.2, 0.25) is 11.7 Å². The predicted molar refractivity (Wildman–Crippen MR) is 123 cm³/mol. The Hall–Kier alpha value is -3.20. The Morgan fingerprint density at radius 2 is 1.79 bits per heavy atom. The van der Waals surface area contributed by atoms with E-state index in [4.69, 9.17) is 23.4 Å². The van der Waals surface area contributed by atoms with Crippen molar-refractivity contribution >= 4 is 11.8 Å². The summed E-state index contributed by atoms with van der Waals surface area (Å²) in [6.07, 6.45) is 5.23. The topological polar surface area (TPSA) is 90.7 Å². The van der Waals surface area contributed by atoms with E-state index in [1.54, 1.807) is 34.3 Å². The number of benzene rings is 1. The van der Waals surface area contributed by atoms with Crippen LogP contribution in [0, 0.1) is 0 Å². The van der Waals surface area contributed by atoms with E-state index in [0.717, 1.165) is 25.7 Å². The molecule has 9 nitrogen and oxygen atoms in total. The van der Waals surface area contributed by atoms with Crippen LogP contribution >= 0.6 is 0 Å². The van der Waals surface area contributed by atoms with Crippen molar-refractivity contribution in [2.45, 2.75) is 44.4 Å².